The van der Waals surface area contributed by atoms with Gasteiger partial charge < -0.3 is 15.5 Å². The molecule has 1 spiro atoms. The van der Waals surface area contributed by atoms with E-state index >= 15 is 0 Å². The molecule has 3 fully saturated rings. The van der Waals surface area contributed by atoms with Crippen molar-refractivity contribution < 1.29 is 23.6 Å². The Morgan fingerprint density at radius 2 is 1.79 bits per heavy atom. The molecule has 2 saturated heterocycles. The lowest BCUT2D eigenvalue weighted by Crippen LogP contribution is -2.50. The van der Waals surface area contributed by atoms with E-state index in [1.54, 1.807) is 23.1 Å². The molecule has 2 heterocycles. The Labute approximate surface area is 199 Å². The summed E-state index contributed by atoms with van der Waals surface area (Å²) in [6.07, 6.45) is 4.43. The van der Waals surface area contributed by atoms with Crippen LogP contribution >= 0.6 is 0 Å². The van der Waals surface area contributed by atoms with Crippen molar-refractivity contribution in [1.29, 1.82) is 0 Å². The summed E-state index contributed by atoms with van der Waals surface area (Å²) in [5.74, 6) is -0.619. The summed E-state index contributed by atoms with van der Waals surface area (Å²) in [6.45, 7) is 3.03. The smallest absolute Gasteiger partial charge is 0.325 e. The third kappa shape index (κ3) is 5.08. The average molecular weight is 473 g/mol. The van der Waals surface area contributed by atoms with Crippen LogP contribution in [-0.4, -0.2) is 65.3 Å². The zero-order chi connectivity index (χ0) is 24.3. The zero-order valence-corrected chi connectivity index (χ0v) is 19.6. The van der Waals surface area contributed by atoms with Gasteiger partial charge in [0.25, 0.3) is 5.91 Å². The van der Waals surface area contributed by atoms with Gasteiger partial charge >= 0.3 is 6.03 Å². The van der Waals surface area contributed by atoms with Crippen molar-refractivity contribution in [2.75, 3.05) is 26.2 Å². The fraction of sp³-hybridized carbons (Fsp3) is 0.600. The van der Waals surface area contributed by atoms with Crippen molar-refractivity contribution in [2.24, 2.45) is 11.8 Å². The second kappa shape index (κ2) is 10.1. The highest BCUT2D eigenvalue weighted by Crippen LogP contribution is 2.36. The second-order valence-electron chi connectivity index (χ2n) is 9.87. The van der Waals surface area contributed by atoms with E-state index in [2.05, 4.69) is 17.6 Å². The fourth-order valence-corrected chi connectivity index (χ4v) is 5.21. The van der Waals surface area contributed by atoms with Crippen LogP contribution < -0.4 is 10.6 Å². The number of imide groups is 1. The predicted molar refractivity (Wildman–Crippen MR) is 123 cm³/mol. The minimum Gasteiger partial charge on any atom is -0.356 e. The Morgan fingerprint density at radius 1 is 1.12 bits per heavy atom. The van der Waals surface area contributed by atoms with Gasteiger partial charge in [-0.05, 0) is 62.5 Å². The van der Waals surface area contributed by atoms with E-state index in [4.69, 9.17) is 0 Å². The SMILES string of the molecule is CC1CCC2(CC1)NC(=O)N(CC(=O)N1CCC(C(=O)NCCc3ccccc3F)CC1)C2=O. The van der Waals surface area contributed by atoms with Gasteiger partial charge in [0.1, 0.15) is 17.9 Å². The topological polar surface area (TPSA) is 98.8 Å². The normalized spacial score (nSPS) is 25.5. The number of carbonyl (C=O) groups excluding carboxylic acids is 4. The fourth-order valence-electron chi connectivity index (χ4n) is 5.21. The first-order valence-corrected chi connectivity index (χ1v) is 12.2. The van der Waals surface area contributed by atoms with Crippen LogP contribution in [0.15, 0.2) is 24.3 Å². The number of hydrogen-bond donors (Lipinski definition) is 2. The third-order valence-corrected chi connectivity index (χ3v) is 7.54. The lowest BCUT2D eigenvalue weighted by atomic mass is 9.77. The predicted octanol–water partition coefficient (Wildman–Crippen LogP) is 2.22. The number of halogens is 1. The first kappa shape index (κ1) is 24.2. The van der Waals surface area contributed by atoms with Gasteiger partial charge in [0.2, 0.25) is 11.8 Å². The zero-order valence-electron chi connectivity index (χ0n) is 19.6. The van der Waals surface area contributed by atoms with Crippen LogP contribution in [0.2, 0.25) is 0 Å². The van der Waals surface area contributed by atoms with Gasteiger partial charge in [-0.15, -0.1) is 0 Å². The quantitative estimate of drug-likeness (QED) is 0.621. The van der Waals surface area contributed by atoms with Crippen LogP contribution in [0.4, 0.5) is 9.18 Å². The molecule has 1 aliphatic carbocycles. The number of urea groups is 1. The first-order chi connectivity index (χ1) is 16.3. The van der Waals surface area contributed by atoms with Crippen molar-refractivity contribution in [3.8, 4) is 0 Å². The molecular weight excluding hydrogens is 439 g/mol. The molecule has 0 bridgehead atoms. The van der Waals surface area contributed by atoms with Crippen LogP contribution in [0.3, 0.4) is 0 Å². The van der Waals surface area contributed by atoms with E-state index in [0.717, 1.165) is 17.7 Å². The van der Waals surface area contributed by atoms with Gasteiger partial charge in [0.05, 0.1) is 0 Å². The summed E-state index contributed by atoms with van der Waals surface area (Å²) >= 11 is 0. The monoisotopic (exact) mass is 472 g/mol. The van der Waals surface area contributed by atoms with Crippen LogP contribution in [-0.2, 0) is 20.8 Å². The van der Waals surface area contributed by atoms with Gasteiger partial charge in [0.15, 0.2) is 0 Å². The number of hydrogen-bond acceptors (Lipinski definition) is 4. The number of amides is 5. The number of nitrogens with one attached hydrogen (secondary N) is 2. The van der Waals surface area contributed by atoms with Crippen LogP contribution in [0.5, 0.6) is 0 Å². The standard InChI is InChI=1S/C25H33FN4O4/c1-17-6-11-25(12-7-17)23(33)30(24(34)28-25)16-21(31)29-14-9-19(10-15-29)22(32)27-13-8-18-4-2-3-5-20(18)26/h2-5,17,19H,6-16H2,1H3,(H,27,32)(H,28,34). The van der Waals surface area contributed by atoms with E-state index in [1.807, 2.05) is 0 Å². The molecule has 5 amide bonds. The Morgan fingerprint density at radius 3 is 2.47 bits per heavy atom. The first-order valence-electron chi connectivity index (χ1n) is 12.2. The van der Waals surface area contributed by atoms with Crippen LogP contribution in [0.1, 0.15) is 51.0 Å². The molecule has 2 N–H and O–H groups in total. The van der Waals surface area contributed by atoms with E-state index in [0.29, 0.717) is 63.2 Å². The molecule has 184 valence electrons. The molecule has 8 nitrogen and oxygen atoms in total. The molecule has 3 aliphatic rings. The van der Waals surface area contributed by atoms with E-state index in [9.17, 15) is 23.6 Å². The Kier molecular flexibility index (Phi) is 7.19. The summed E-state index contributed by atoms with van der Waals surface area (Å²) < 4.78 is 13.7. The third-order valence-electron chi connectivity index (χ3n) is 7.54. The summed E-state index contributed by atoms with van der Waals surface area (Å²) in [4.78, 5) is 53.4. The molecule has 9 heteroatoms. The Balaban J connectivity index is 1.22. The molecular formula is C25H33FN4O4. The maximum Gasteiger partial charge on any atom is 0.325 e. The van der Waals surface area contributed by atoms with Gasteiger partial charge in [-0.25, -0.2) is 9.18 Å². The van der Waals surface area contributed by atoms with E-state index < -0.39 is 11.6 Å². The average Bonchev–Trinajstić information content (AvgIpc) is 3.06. The van der Waals surface area contributed by atoms with Gasteiger partial charge in [-0.2, -0.15) is 0 Å². The summed E-state index contributed by atoms with van der Waals surface area (Å²) in [7, 11) is 0. The maximum atomic E-state index is 13.7. The van der Waals surface area contributed by atoms with Gasteiger partial charge in [-0.3, -0.25) is 19.3 Å². The van der Waals surface area contributed by atoms with Crippen molar-refractivity contribution in [1.82, 2.24) is 20.4 Å². The van der Waals surface area contributed by atoms with Crippen LogP contribution in [0.25, 0.3) is 0 Å². The minimum atomic E-state index is -0.850. The minimum absolute atomic E-state index is 0.0917. The Bertz CT molecular complexity index is 952. The number of carbonyl (C=O) groups is 4. The van der Waals surface area contributed by atoms with Crippen molar-refractivity contribution in [3.63, 3.8) is 0 Å². The molecule has 1 aromatic carbocycles. The molecule has 4 rings (SSSR count). The van der Waals surface area contributed by atoms with Gasteiger partial charge in [0, 0.05) is 25.6 Å². The summed E-state index contributed by atoms with van der Waals surface area (Å²) in [6, 6.07) is 6.01. The molecule has 0 atom stereocenters. The molecule has 0 radical (unpaired) electrons. The lowest BCUT2D eigenvalue weighted by Gasteiger charge is -2.34. The molecule has 0 aromatic heterocycles. The van der Waals surface area contributed by atoms with Crippen molar-refractivity contribution in [3.05, 3.63) is 35.6 Å². The number of rotatable bonds is 6. The number of nitrogens with zero attached hydrogens (tertiary/aromatic N) is 2. The van der Waals surface area contributed by atoms with E-state index in [1.165, 1.54) is 6.07 Å². The summed E-state index contributed by atoms with van der Waals surface area (Å²) in [5, 5.41) is 5.71. The summed E-state index contributed by atoms with van der Waals surface area (Å²) in [5.41, 5.74) is -0.286. The molecule has 2 aliphatic heterocycles. The Hall–Kier alpha value is -2.97. The van der Waals surface area contributed by atoms with Crippen LogP contribution in [0, 0.1) is 17.7 Å². The van der Waals surface area contributed by atoms with Gasteiger partial charge in [-0.1, -0.05) is 25.1 Å². The highest BCUT2D eigenvalue weighted by Gasteiger charge is 2.52. The van der Waals surface area contributed by atoms with Crippen molar-refractivity contribution >= 4 is 23.8 Å². The highest BCUT2D eigenvalue weighted by atomic mass is 19.1. The van der Waals surface area contributed by atoms with Crippen molar-refractivity contribution in [2.45, 2.75) is 57.4 Å². The molecule has 0 unspecified atom stereocenters. The maximum absolute atomic E-state index is 13.7. The molecule has 1 aromatic rings. The number of benzene rings is 1. The second-order valence-corrected chi connectivity index (χ2v) is 9.87. The lowest BCUT2D eigenvalue weighted by molar-refractivity contribution is -0.141. The largest absolute Gasteiger partial charge is 0.356 e. The van der Waals surface area contributed by atoms with E-state index in [-0.39, 0.29) is 36.0 Å². The number of likely N-dealkylation sites (tertiary alicyclic amines) is 1. The molecule has 1 saturated carbocycles. The highest BCUT2D eigenvalue weighted by molar-refractivity contribution is 6.09. The molecule has 34 heavy (non-hydrogen) atoms. The number of piperidine rings is 1.